The summed E-state index contributed by atoms with van der Waals surface area (Å²) in [5, 5.41) is 0.947. The van der Waals surface area contributed by atoms with Gasteiger partial charge in [0.25, 0.3) is 0 Å². The second-order valence-corrected chi connectivity index (χ2v) is 9.13. The number of halogens is 1. The van der Waals surface area contributed by atoms with Crippen molar-refractivity contribution in [1.82, 2.24) is 4.90 Å². The Labute approximate surface area is 157 Å². The smallest absolute Gasteiger partial charge is 0.227 e. The monoisotopic (exact) mass is 398 g/mol. The van der Waals surface area contributed by atoms with E-state index in [9.17, 15) is 4.79 Å². The van der Waals surface area contributed by atoms with Crippen LogP contribution in [-0.4, -0.2) is 41.3 Å². The number of amides is 1. The van der Waals surface area contributed by atoms with Crippen LogP contribution in [0.1, 0.15) is 31.2 Å². The van der Waals surface area contributed by atoms with E-state index in [-0.39, 0.29) is 5.41 Å². The number of benzene rings is 1. The van der Waals surface area contributed by atoms with E-state index in [0.717, 1.165) is 24.7 Å². The molecule has 25 heavy (non-hydrogen) atoms. The van der Waals surface area contributed by atoms with Gasteiger partial charge >= 0.3 is 0 Å². The van der Waals surface area contributed by atoms with Gasteiger partial charge in [-0.2, -0.15) is 0 Å². The maximum absolute atomic E-state index is 13.0. The molecular formula is C21H23BrN2O. The number of piperidine rings is 2. The Morgan fingerprint density at radius 2 is 2.20 bits per heavy atom. The molecule has 0 N–H and O–H groups in total. The maximum Gasteiger partial charge on any atom is 0.227 e. The lowest BCUT2D eigenvalue weighted by Crippen LogP contribution is -2.66. The van der Waals surface area contributed by atoms with Crippen molar-refractivity contribution in [1.29, 1.82) is 0 Å². The molecule has 6 rings (SSSR count). The van der Waals surface area contributed by atoms with Gasteiger partial charge in [0.2, 0.25) is 5.91 Å². The Morgan fingerprint density at radius 1 is 1.32 bits per heavy atom. The third-order valence-corrected chi connectivity index (χ3v) is 8.20. The van der Waals surface area contributed by atoms with Crippen molar-refractivity contribution in [3.05, 3.63) is 41.5 Å². The topological polar surface area (TPSA) is 23.6 Å². The van der Waals surface area contributed by atoms with Crippen molar-refractivity contribution in [2.24, 2.45) is 11.8 Å². The number of anilines is 1. The van der Waals surface area contributed by atoms with E-state index >= 15 is 0 Å². The van der Waals surface area contributed by atoms with E-state index in [1.54, 1.807) is 5.57 Å². The van der Waals surface area contributed by atoms with Crippen molar-refractivity contribution in [2.45, 2.75) is 43.2 Å². The number of alkyl halides is 1. The van der Waals surface area contributed by atoms with E-state index in [0.29, 0.717) is 29.8 Å². The lowest BCUT2D eigenvalue weighted by molar-refractivity contribution is -0.123. The molecule has 4 fully saturated rings. The first kappa shape index (κ1) is 15.0. The molecule has 4 heterocycles. The van der Waals surface area contributed by atoms with Crippen LogP contribution in [0.3, 0.4) is 0 Å². The third kappa shape index (κ3) is 1.64. The number of rotatable bonds is 1. The van der Waals surface area contributed by atoms with Gasteiger partial charge < -0.3 is 4.90 Å². The summed E-state index contributed by atoms with van der Waals surface area (Å²) >= 11 is 3.62. The van der Waals surface area contributed by atoms with Crippen molar-refractivity contribution in [3.8, 4) is 0 Å². The number of hydrogen-bond acceptors (Lipinski definition) is 2. The van der Waals surface area contributed by atoms with Crippen LogP contribution in [0.25, 0.3) is 0 Å². The SMILES string of the molecule is O=C1CC[C@@H]2[C@@H]3C[C@H]4N(CC[C@]45c4ccccc4N1[C@@H]25)C/C3=C/CBr. The number of hydrogen-bond donors (Lipinski definition) is 0. The number of carbonyl (C=O) groups excluding carboxylic acids is 1. The summed E-state index contributed by atoms with van der Waals surface area (Å²) in [6, 6.07) is 9.82. The van der Waals surface area contributed by atoms with Crippen LogP contribution in [-0.2, 0) is 10.2 Å². The quantitative estimate of drug-likeness (QED) is 0.533. The molecule has 1 saturated carbocycles. The number of fused-ring (bicyclic) bond motifs is 4. The number of para-hydroxylation sites is 1. The van der Waals surface area contributed by atoms with E-state index in [1.165, 1.54) is 30.6 Å². The highest BCUT2D eigenvalue weighted by molar-refractivity contribution is 9.09. The van der Waals surface area contributed by atoms with E-state index in [2.05, 4.69) is 56.1 Å². The Bertz CT molecular complexity index is 805. The molecule has 0 unspecified atom stereocenters. The molecule has 130 valence electrons. The van der Waals surface area contributed by atoms with E-state index in [1.807, 2.05) is 0 Å². The molecule has 4 aliphatic heterocycles. The third-order valence-electron chi connectivity index (χ3n) is 7.88. The zero-order valence-corrected chi connectivity index (χ0v) is 15.9. The normalized spacial score (nSPS) is 42.7. The van der Waals surface area contributed by atoms with Crippen LogP contribution in [0.5, 0.6) is 0 Å². The molecule has 0 radical (unpaired) electrons. The van der Waals surface area contributed by atoms with Crippen LogP contribution >= 0.6 is 15.9 Å². The number of carbonyl (C=O) groups is 1. The van der Waals surface area contributed by atoms with Gasteiger partial charge in [0, 0.05) is 35.4 Å². The van der Waals surface area contributed by atoms with Crippen molar-refractivity contribution >= 4 is 27.5 Å². The van der Waals surface area contributed by atoms with Gasteiger partial charge in [0.1, 0.15) is 0 Å². The molecular weight excluding hydrogens is 376 g/mol. The summed E-state index contributed by atoms with van der Waals surface area (Å²) < 4.78 is 0. The highest BCUT2D eigenvalue weighted by Gasteiger charge is 2.68. The largest absolute Gasteiger partial charge is 0.308 e. The summed E-state index contributed by atoms with van der Waals surface area (Å²) in [7, 11) is 0. The molecule has 1 spiro atoms. The Hall–Kier alpha value is -1.13. The molecule has 5 aliphatic rings. The molecule has 4 heteroatoms. The lowest BCUT2D eigenvalue weighted by Gasteiger charge is -2.57. The molecule has 1 aromatic rings. The maximum atomic E-state index is 13.0. The zero-order valence-electron chi connectivity index (χ0n) is 14.3. The zero-order chi connectivity index (χ0) is 16.8. The predicted octanol–water partition coefficient (Wildman–Crippen LogP) is 3.48. The van der Waals surface area contributed by atoms with Crippen molar-refractivity contribution < 1.29 is 4.79 Å². The second-order valence-electron chi connectivity index (χ2n) is 8.48. The average Bonchev–Trinajstić information content (AvgIpc) is 3.17. The Balaban J connectivity index is 1.60. The minimum Gasteiger partial charge on any atom is -0.308 e. The Kier molecular flexibility index (Phi) is 2.98. The minimum atomic E-state index is 0.188. The fourth-order valence-corrected chi connectivity index (χ4v) is 7.58. The predicted molar refractivity (Wildman–Crippen MR) is 102 cm³/mol. The van der Waals surface area contributed by atoms with Crippen LogP contribution in [0.2, 0.25) is 0 Å². The summed E-state index contributed by atoms with van der Waals surface area (Å²) in [5.41, 5.74) is 4.51. The van der Waals surface area contributed by atoms with Gasteiger partial charge in [-0.3, -0.25) is 9.69 Å². The van der Waals surface area contributed by atoms with Gasteiger partial charge in [-0.05, 0) is 49.3 Å². The molecule has 0 aromatic heterocycles. The van der Waals surface area contributed by atoms with E-state index < -0.39 is 0 Å². The Morgan fingerprint density at radius 3 is 3.08 bits per heavy atom. The molecule has 3 nitrogen and oxygen atoms in total. The molecule has 3 saturated heterocycles. The minimum absolute atomic E-state index is 0.188. The van der Waals surface area contributed by atoms with Gasteiger partial charge in [0.05, 0.1) is 6.04 Å². The van der Waals surface area contributed by atoms with Crippen LogP contribution < -0.4 is 4.90 Å². The number of allylic oxidation sites excluding steroid dienone is 1. The molecule has 1 aromatic carbocycles. The molecule has 2 bridgehead atoms. The fourth-order valence-electron chi connectivity index (χ4n) is 7.16. The van der Waals surface area contributed by atoms with Crippen molar-refractivity contribution in [2.75, 3.05) is 23.3 Å². The fraction of sp³-hybridized carbons (Fsp3) is 0.571. The number of nitrogens with zero attached hydrogens (tertiary/aromatic N) is 2. The molecule has 1 aliphatic carbocycles. The van der Waals surface area contributed by atoms with Crippen molar-refractivity contribution in [3.63, 3.8) is 0 Å². The molecule has 5 atom stereocenters. The van der Waals surface area contributed by atoms with Crippen LogP contribution in [0, 0.1) is 11.8 Å². The first-order valence-electron chi connectivity index (χ1n) is 9.66. The average molecular weight is 399 g/mol. The first-order valence-corrected chi connectivity index (χ1v) is 10.8. The summed E-state index contributed by atoms with van der Waals surface area (Å²) in [6.07, 6.45) is 6.71. The summed E-state index contributed by atoms with van der Waals surface area (Å²) in [6.45, 7) is 2.32. The van der Waals surface area contributed by atoms with Crippen LogP contribution in [0.15, 0.2) is 35.9 Å². The summed E-state index contributed by atoms with van der Waals surface area (Å²) in [4.78, 5) is 17.9. The first-order chi connectivity index (χ1) is 12.3. The highest BCUT2D eigenvalue weighted by Crippen LogP contribution is 2.64. The standard InChI is InChI=1S/C21H23BrN2O/c22-9-7-13-12-23-10-8-21-16-3-1-2-4-17(16)24-19(25)6-5-14(20(21)24)15(13)11-18(21)23/h1-4,7,14-15,18,20H,5-6,8-12H2/b13-7-/t14-,15-,18-,20+,21+/m1/s1. The highest BCUT2D eigenvalue weighted by atomic mass is 79.9. The van der Waals surface area contributed by atoms with Crippen LogP contribution in [0.4, 0.5) is 5.69 Å². The van der Waals surface area contributed by atoms with Gasteiger partial charge in [-0.1, -0.05) is 45.8 Å². The van der Waals surface area contributed by atoms with Gasteiger partial charge in [-0.15, -0.1) is 0 Å². The molecule has 1 amide bonds. The summed E-state index contributed by atoms with van der Waals surface area (Å²) in [5.74, 6) is 1.65. The van der Waals surface area contributed by atoms with Gasteiger partial charge in [-0.25, -0.2) is 0 Å². The van der Waals surface area contributed by atoms with Gasteiger partial charge in [0.15, 0.2) is 0 Å². The second kappa shape index (κ2) is 4.98. The van der Waals surface area contributed by atoms with E-state index in [4.69, 9.17) is 0 Å². The lowest BCUT2D eigenvalue weighted by atomic mass is 9.54.